The molecule has 1 atom stereocenters. The van der Waals surface area contributed by atoms with E-state index in [4.69, 9.17) is 4.74 Å². The molecule has 1 aliphatic carbocycles. The van der Waals surface area contributed by atoms with Crippen molar-refractivity contribution in [2.45, 2.75) is 52.6 Å². The molecule has 0 bridgehead atoms. The van der Waals surface area contributed by atoms with Gasteiger partial charge in [-0.25, -0.2) is 0 Å². The number of allylic oxidation sites excluding steroid dienone is 2. The standard InChI is InChI=1S/C12H10O.C11H20O/c1-9(13)11-7-6-10-4-2-3-5-12(10)8-11;1-9-5-7-10(8-6-9)11(2,3)12-4/h2-8H,1H3;5,10H,6-8H2,1-4H3. The maximum absolute atomic E-state index is 11.1. The van der Waals surface area contributed by atoms with E-state index in [-0.39, 0.29) is 11.4 Å². The largest absolute Gasteiger partial charge is 0.379 e. The van der Waals surface area contributed by atoms with Crippen LogP contribution in [0.2, 0.25) is 0 Å². The molecule has 2 heteroatoms. The Bertz CT molecular complexity index is 756. The number of ether oxygens (including phenoxy) is 1. The third kappa shape index (κ3) is 5.27. The number of benzene rings is 2. The Morgan fingerprint density at radius 2 is 1.80 bits per heavy atom. The van der Waals surface area contributed by atoms with E-state index in [9.17, 15) is 4.79 Å². The number of Topliss-reactive ketones (excluding diaryl/α,β-unsaturated/α-hetero) is 1. The lowest BCUT2D eigenvalue weighted by Crippen LogP contribution is -2.34. The molecule has 0 spiro atoms. The maximum Gasteiger partial charge on any atom is 0.159 e. The molecule has 0 N–H and O–H groups in total. The van der Waals surface area contributed by atoms with Crippen LogP contribution in [0.15, 0.2) is 54.1 Å². The van der Waals surface area contributed by atoms with Gasteiger partial charge in [-0.05, 0) is 69.7 Å². The van der Waals surface area contributed by atoms with Gasteiger partial charge in [-0.15, -0.1) is 0 Å². The average Bonchev–Trinajstić information content (AvgIpc) is 2.62. The minimum absolute atomic E-state index is 0.0528. The zero-order valence-corrected chi connectivity index (χ0v) is 16.1. The van der Waals surface area contributed by atoms with Crippen LogP contribution in [0.4, 0.5) is 0 Å². The Labute approximate surface area is 151 Å². The minimum atomic E-state index is 0.0528. The van der Waals surface area contributed by atoms with Gasteiger partial charge in [0.25, 0.3) is 0 Å². The van der Waals surface area contributed by atoms with E-state index in [2.05, 4.69) is 26.8 Å². The molecule has 3 rings (SSSR count). The van der Waals surface area contributed by atoms with E-state index in [1.165, 1.54) is 30.2 Å². The second-order valence-electron chi connectivity index (χ2n) is 7.45. The molecular weight excluding hydrogens is 308 g/mol. The molecule has 1 unspecified atom stereocenters. The molecule has 0 aliphatic heterocycles. The SMILES string of the molecule is CC(=O)c1ccc2ccccc2c1.COC(C)(C)C1CC=C(C)CC1. The monoisotopic (exact) mass is 338 g/mol. The van der Waals surface area contributed by atoms with Crippen LogP contribution >= 0.6 is 0 Å². The van der Waals surface area contributed by atoms with Gasteiger partial charge in [-0.1, -0.05) is 48.0 Å². The second kappa shape index (κ2) is 8.44. The number of fused-ring (bicyclic) bond motifs is 1. The quantitative estimate of drug-likeness (QED) is 0.492. The number of methoxy groups -OCH3 is 1. The van der Waals surface area contributed by atoms with Crippen LogP contribution in [-0.2, 0) is 4.74 Å². The lowest BCUT2D eigenvalue weighted by atomic mass is 9.80. The van der Waals surface area contributed by atoms with E-state index in [1.807, 2.05) is 49.6 Å². The smallest absolute Gasteiger partial charge is 0.159 e. The number of hydrogen-bond donors (Lipinski definition) is 0. The maximum atomic E-state index is 11.1. The van der Waals surface area contributed by atoms with Crippen molar-refractivity contribution < 1.29 is 9.53 Å². The first-order valence-corrected chi connectivity index (χ1v) is 9.04. The summed E-state index contributed by atoms with van der Waals surface area (Å²) in [5.41, 5.74) is 2.37. The van der Waals surface area contributed by atoms with Gasteiger partial charge in [0.2, 0.25) is 0 Å². The van der Waals surface area contributed by atoms with Gasteiger partial charge >= 0.3 is 0 Å². The summed E-state index contributed by atoms with van der Waals surface area (Å²) in [5, 5.41) is 2.29. The number of hydrogen-bond acceptors (Lipinski definition) is 2. The molecular formula is C23H30O2. The third-order valence-corrected chi connectivity index (χ3v) is 5.30. The Kier molecular flexibility index (Phi) is 6.55. The average molecular weight is 338 g/mol. The predicted octanol–water partition coefficient (Wildman–Crippen LogP) is 6.20. The summed E-state index contributed by atoms with van der Waals surface area (Å²) in [5.74, 6) is 0.817. The van der Waals surface area contributed by atoms with Gasteiger partial charge in [0.05, 0.1) is 5.60 Å². The van der Waals surface area contributed by atoms with E-state index >= 15 is 0 Å². The molecule has 134 valence electrons. The van der Waals surface area contributed by atoms with Crippen molar-refractivity contribution in [1.82, 2.24) is 0 Å². The predicted molar refractivity (Wildman–Crippen MR) is 106 cm³/mol. The summed E-state index contributed by atoms with van der Waals surface area (Å²) in [6.45, 7) is 8.18. The first-order chi connectivity index (χ1) is 11.8. The van der Waals surface area contributed by atoms with Gasteiger partial charge in [-0.2, -0.15) is 0 Å². The number of carbonyl (C=O) groups is 1. The molecule has 0 aromatic heterocycles. The minimum Gasteiger partial charge on any atom is -0.379 e. The van der Waals surface area contributed by atoms with Crippen LogP contribution < -0.4 is 0 Å². The molecule has 1 aliphatic rings. The first-order valence-electron chi connectivity index (χ1n) is 9.04. The van der Waals surface area contributed by atoms with Crippen molar-refractivity contribution >= 4 is 16.6 Å². The highest BCUT2D eigenvalue weighted by molar-refractivity contribution is 5.98. The highest BCUT2D eigenvalue weighted by Crippen LogP contribution is 2.33. The summed E-state index contributed by atoms with van der Waals surface area (Å²) in [6.07, 6.45) is 6.07. The third-order valence-electron chi connectivity index (χ3n) is 5.30. The Morgan fingerprint density at radius 3 is 2.36 bits per heavy atom. The van der Waals surface area contributed by atoms with Gasteiger partial charge in [0.1, 0.15) is 0 Å². The molecule has 25 heavy (non-hydrogen) atoms. The normalized spacial score (nSPS) is 17.5. The molecule has 0 amide bonds. The van der Waals surface area contributed by atoms with Crippen LogP contribution in [0.25, 0.3) is 10.8 Å². The molecule has 0 saturated carbocycles. The zero-order chi connectivity index (χ0) is 18.4. The van der Waals surface area contributed by atoms with Crippen LogP contribution in [0.5, 0.6) is 0 Å². The molecule has 0 fully saturated rings. The highest BCUT2D eigenvalue weighted by Gasteiger charge is 2.29. The molecule has 2 aromatic rings. The molecule has 2 aromatic carbocycles. The number of carbonyl (C=O) groups excluding carboxylic acids is 1. The van der Waals surface area contributed by atoms with Gasteiger partial charge in [-0.3, -0.25) is 4.79 Å². The van der Waals surface area contributed by atoms with Crippen molar-refractivity contribution in [1.29, 1.82) is 0 Å². The molecule has 2 nitrogen and oxygen atoms in total. The van der Waals surface area contributed by atoms with Crippen molar-refractivity contribution in [2.75, 3.05) is 7.11 Å². The topological polar surface area (TPSA) is 26.3 Å². The summed E-state index contributed by atoms with van der Waals surface area (Å²) < 4.78 is 5.48. The fourth-order valence-electron chi connectivity index (χ4n) is 3.17. The van der Waals surface area contributed by atoms with Gasteiger partial charge in [0.15, 0.2) is 5.78 Å². The lowest BCUT2D eigenvalue weighted by Gasteiger charge is -2.34. The van der Waals surface area contributed by atoms with E-state index in [0.717, 1.165) is 10.9 Å². The van der Waals surface area contributed by atoms with Crippen LogP contribution in [0.3, 0.4) is 0 Å². The number of rotatable bonds is 3. The van der Waals surface area contributed by atoms with E-state index < -0.39 is 0 Å². The Hall–Kier alpha value is -1.93. The van der Waals surface area contributed by atoms with Crippen LogP contribution in [0, 0.1) is 5.92 Å². The van der Waals surface area contributed by atoms with Crippen LogP contribution in [0.1, 0.15) is 57.3 Å². The lowest BCUT2D eigenvalue weighted by molar-refractivity contribution is -0.0312. The Morgan fingerprint density at radius 1 is 1.12 bits per heavy atom. The zero-order valence-electron chi connectivity index (χ0n) is 16.1. The fraction of sp³-hybridized carbons (Fsp3) is 0.435. The highest BCUT2D eigenvalue weighted by atomic mass is 16.5. The Balaban J connectivity index is 0.000000181. The van der Waals surface area contributed by atoms with Crippen molar-refractivity contribution in [3.05, 3.63) is 59.7 Å². The van der Waals surface area contributed by atoms with Crippen molar-refractivity contribution in [3.63, 3.8) is 0 Å². The summed E-state index contributed by atoms with van der Waals surface area (Å²) >= 11 is 0. The molecule has 0 radical (unpaired) electrons. The number of ketones is 1. The first kappa shape index (κ1) is 19.4. The summed E-state index contributed by atoms with van der Waals surface area (Å²) in [6, 6.07) is 13.8. The van der Waals surface area contributed by atoms with Crippen LogP contribution in [-0.4, -0.2) is 18.5 Å². The van der Waals surface area contributed by atoms with Gasteiger partial charge < -0.3 is 4.74 Å². The van der Waals surface area contributed by atoms with Gasteiger partial charge in [0, 0.05) is 12.7 Å². The van der Waals surface area contributed by atoms with Crippen molar-refractivity contribution in [2.24, 2.45) is 5.92 Å². The second-order valence-corrected chi connectivity index (χ2v) is 7.45. The van der Waals surface area contributed by atoms with E-state index in [1.54, 1.807) is 6.92 Å². The van der Waals surface area contributed by atoms with Crippen molar-refractivity contribution in [3.8, 4) is 0 Å². The fourth-order valence-corrected chi connectivity index (χ4v) is 3.17. The summed E-state index contributed by atoms with van der Waals surface area (Å²) in [7, 11) is 1.81. The summed E-state index contributed by atoms with van der Waals surface area (Å²) in [4.78, 5) is 11.1. The molecule has 0 saturated heterocycles. The van der Waals surface area contributed by atoms with E-state index in [0.29, 0.717) is 5.92 Å². The molecule has 0 heterocycles.